The molecule has 35 heavy (non-hydrogen) atoms. The SMILES string of the molecule is COc1cccc(CC(=O)Nc2ccc(F)c(CN3CCN(C(=O)C4CCCC4)C(C)C3)c2C)c1. The number of ether oxygens (including phenoxy) is 1. The highest BCUT2D eigenvalue weighted by Gasteiger charge is 2.33. The molecule has 1 aliphatic heterocycles. The molecule has 0 spiro atoms. The Kier molecular flexibility index (Phi) is 8.06. The van der Waals surface area contributed by atoms with Gasteiger partial charge in [-0.15, -0.1) is 0 Å². The third-order valence-electron chi connectivity index (χ3n) is 7.40. The molecule has 1 saturated carbocycles. The highest BCUT2D eigenvalue weighted by atomic mass is 19.1. The first kappa shape index (κ1) is 25.2. The van der Waals surface area contributed by atoms with Crippen LogP contribution in [0.25, 0.3) is 0 Å². The minimum atomic E-state index is -0.273. The molecule has 2 aliphatic rings. The summed E-state index contributed by atoms with van der Waals surface area (Å²) in [6.45, 7) is 6.49. The lowest BCUT2D eigenvalue weighted by atomic mass is 10.0. The number of carbonyl (C=O) groups is 2. The van der Waals surface area contributed by atoms with Gasteiger partial charge in [-0.25, -0.2) is 4.39 Å². The minimum Gasteiger partial charge on any atom is -0.497 e. The van der Waals surface area contributed by atoms with Crippen LogP contribution in [0.15, 0.2) is 36.4 Å². The van der Waals surface area contributed by atoms with Gasteiger partial charge < -0.3 is 15.0 Å². The van der Waals surface area contributed by atoms with E-state index in [1.807, 2.05) is 36.1 Å². The molecule has 1 heterocycles. The van der Waals surface area contributed by atoms with Crippen LogP contribution in [0.5, 0.6) is 5.75 Å². The zero-order valence-corrected chi connectivity index (χ0v) is 21.0. The van der Waals surface area contributed by atoms with Crippen molar-refractivity contribution in [3.63, 3.8) is 0 Å². The van der Waals surface area contributed by atoms with Crippen LogP contribution in [0.3, 0.4) is 0 Å². The lowest BCUT2D eigenvalue weighted by molar-refractivity contribution is -0.140. The number of anilines is 1. The average Bonchev–Trinajstić information content (AvgIpc) is 3.38. The maximum absolute atomic E-state index is 14.8. The van der Waals surface area contributed by atoms with Gasteiger partial charge in [0.05, 0.1) is 13.5 Å². The normalized spacial score (nSPS) is 19.1. The van der Waals surface area contributed by atoms with E-state index in [4.69, 9.17) is 4.74 Å². The van der Waals surface area contributed by atoms with Gasteiger partial charge >= 0.3 is 0 Å². The Morgan fingerprint density at radius 2 is 1.91 bits per heavy atom. The Morgan fingerprint density at radius 3 is 2.63 bits per heavy atom. The molecule has 0 aromatic heterocycles. The highest BCUT2D eigenvalue weighted by molar-refractivity contribution is 5.93. The molecular formula is C28H36FN3O3. The molecule has 0 bridgehead atoms. The quantitative estimate of drug-likeness (QED) is 0.631. The second-order valence-electron chi connectivity index (χ2n) is 9.87. The van der Waals surface area contributed by atoms with Crippen molar-refractivity contribution in [3.8, 4) is 5.75 Å². The van der Waals surface area contributed by atoms with Gasteiger partial charge in [-0.05, 0) is 62.1 Å². The summed E-state index contributed by atoms with van der Waals surface area (Å²) < 4.78 is 20.1. The number of hydrogen-bond donors (Lipinski definition) is 1. The summed E-state index contributed by atoms with van der Waals surface area (Å²) in [5.41, 5.74) is 2.80. The van der Waals surface area contributed by atoms with Gasteiger partial charge in [0.1, 0.15) is 11.6 Å². The second-order valence-corrected chi connectivity index (χ2v) is 9.87. The van der Waals surface area contributed by atoms with Crippen molar-refractivity contribution in [1.82, 2.24) is 9.80 Å². The first-order valence-electron chi connectivity index (χ1n) is 12.6. The molecule has 7 heteroatoms. The predicted octanol–water partition coefficient (Wildman–Crippen LogP) is 4.55. The van der Waals surface area contributed by atoms with Gasteiger partial charge in [0.15, 0.2) is 0 Å². The molecular weight excluding hydrogens is 445 g/mol. The van der Waals surface area contributed by atoms with Crippen LogP contribution in [0.2, 0.25) is 0 Å². The van der Waals surface area contributed by atoms with Crippen LogP contribution in [0.1, 0.15) is 49.3 Å². The Hall–Kier alpha value is -2.93. The summed E-state index contributed by atoms with van der Waals surface area (Å²) in [5, 5.41) is 2.95. The molecule has 2 aromatic rings. The van der Waals surface area contributed by atoms with Crippen LogP contribution in [-0.4, -0.2) is 54.4 Å². The van der Waals surface area contributed by atoms with E-state index in [1.165, 1.54) is 6.07 Å². The first-order valence-corrected chi connectivity index (χ1v) is 12.6. The molecule has 1 saturated heterocycles. The summed E-state index contributed by atoms with van der Waals surface area (Å²) in [7, 11) is 1.59. The zero-order chi connectivity index (χ0) is 24.9. The van der Waals surface area contributed by atoms with Gasteiger partial charge in [-0.2, -0.15) is 0 Å². The van der Waals surface area contributed by atoms with Crippen molar-refractivity contribution < 1.29 is 18.7 Å². The summed E-state index contributed by atoms with van der Waals surface area (Å²) in [5.74, 6) is 0.741. The van der Waals surface area contributed by atoms with Gasteiger partial charge in [-0.1, -0.05) is 25.0 Å². The molecule has 2 fully saturated rings. The lowest BCUT2D eigenvalue weighted by Gasteiger charge is -2.41. The first-order chi connectivity index (χ1) is 16.9. The molecule has 2 amide bonds. The maximum atomic E-state index is 14.8. The summed E-state index contributed by atoms with van der Waals surface area (Å²) >= 11 is 0. The van der Waals surface area contributed by atoms with E-state index < -0.39 is 0 Å². The van der Waals surface area contributed by atoms with Gasteiger partial charge in [0, 0.05) is 49.4 Å². The predicted molar refractivity (Wildman–Crippen MR) is 135 cm³/mol. The fourth-order valence-electron chi connectivity index (χ4n) is 5.35. The van der Waals surface area contributed by atoms with E-state index >= 15 is 0 Å². The number of methoxy groups -OCH3 is 1. The molecule has 2 aromatic carbocycles. The largest absolute Gasteiger partial charge is 0.497 e. The maximum Gasteiger partial charge on any atom is 0.228 e. The number of nitrogens with zero attached hydrogens (tertiary/aromatic N) is 2. The molecule has 1 unspecified atom stereocenters. The number of carbonyl (C=O) groups excluding carboxylic acids is 2. The Labute approximate surface area is 207 Å². The third-order valence-corrected chi connectivity index (χ3v) is 7.40. The number of nitrogens with one attached hydrogen (secondary N) is 1. The van der Waals surface area contributed by atoms with Crippen molar-refractivity contribution in [2.24, 2.45) is 5.92 Å². The standard InChI is InChI=1S/C28H36FN3O3/c1-19-17-31(13-14-32(19)28(34)22-8-4-5-9-22)18-24-20(2)26(12-11-25(24)29)30-27(33)16-21-7-6-10-23(15-21)35-3/h6-7,10-12,15,19,22H,4-5,8-9,13-14,16-18H2,1-3H3,(H,30,33). The Morgan fingerprint density at radius 1 is 1.14 bits per heavy atom. The molecule has 0 radical (unpaired) electrons. The van der Waals surface area contributed by atoms with Gasteiger partial charge in [0.25, 0.3) is 0 Å². The zero-order valence-electron chi connectivity index (χ0n) is 21.0. The second kappa shape index (κ2) is 11.2. The van der Waals surface area contributed by atoms with E-state index in [-0.39, 0.29) is 36.0 Å². The minimum absolute atomic E-state index is 0.103. The Balaban J connectivity index is 1.39. The molecule has 4 rings (SSSR count). The van der Waals surface area contributed by atoms with E-state index in [0.29, 0.717) is 43.2 Å². The fourth-order valence-corrected chi connectivity index (χ4v) is 5.35. The monoisotopic (exact) mass is 481 g/mol. The molecule has 1 atom stereocenters. The van der Waals surface area contributed by atoms with Crippen LogP contribution < -0.4 is 10.1 Å². The molecule has 1 N–H and O–H groups in total. The lowest BCUT2D eigenvalue weighted by Crippen LogP contribution is -2.54. The molecule has 188 valence electrons. The van der Waals surface area contributed by atoms with Crippen molar-refractivity contribution >= 4 is 17.5 Å². The van der Waals surface area contributed by atoms with Crippen LogP contribution >= 0.6 is 0 Å². The van der Waals surface area contributed by atoms with Crippen LogP contribution in [0, 0.1) is 18.7 Å². The summed E-state index contributed by atoms with van der Waals surface area (Å²) in [6.07, 6.45) is 4.52. The number of benzene rings is 2. The summed E-state index contributed by atoms with van der Waals surface area (Å²) in [6, 6.07) is 10.6. The van der Waals surface area contributed by atoms with Crippen molar-refractivity contribution in [1.29, 1.82) is 0 Å². The summed E-state index contributed by atoms with van der Waals surface area (Å²) in [4.78, 5) is 29.8. The van der Waals surface area contributed by atoms with E-state index in [1.54, 1.807) is 13.2 Å². The van der Waals surface area contributed by atoms with E-state index in [9.17, 15) is 14.0 Å². The Bertz CT molecular complexity index is 1070. The van der Waals surface area contributed by atoms with Gasteiger partial charge in [-0.3, -0.25) is 14.5 Å². The number of piperazine rings is 1. The third kappa shape index (κ3) is 6.01. The van der Waals surface area contributed by atoms with Gasteiger partial charge in [0.2, 0.25) is 11.8 Å². The molecule has 1 aliphatic carbocycles. The fraction of sp³-hybridized carbons (Fsp3) is 0.500. The number of halogens is 1. The van der Waals surface area contributed by atoms with Crippen molar-refractivity contribution in [2.45, 2.75) is 58.5 Å². The van der Waals surface area contributed by atoms with E-state index in [0.717, 1.165) is 36.8 Å². The topological polar surface area (TPSA) is 61.9 Å². The van der Waals surface area contributed by atoms with Crippen LogP contribution in [0.4, 0.5) is 10.1 Å². The smallest absolute Gasteiger partial charge is 0.228 e. The average molecular weight is 482 g/mol. The van der Waals surface area contributed by atoms with Crippen LogP contribution in [-0.2, 0) is 22.6 Å². The number of rotatable bonds is 7. The molecule has 6 nitrogen and oxygen atoms in total. The van der Waals surface area contributed by atoms with Crippen molar-refractivity contribution in [3.05, 3.63) is 58.9 Å². The number of amides is 2. The van der Waals surface area contributed by atoms with E-state index in [2.05, 4.69) is 17.1 Å². The van der Waals surface area contributed by atoms with Crippen molar-refractivity contribution in [2.75, 3.05) is 32.1 Å². The highest BCUT2D eigenvalue weighted by Crippen LogP contribution is 2.29. The number of hydrogen-bond acceptors (Lipinski definition) is 4.